The van der Waals surface area contributed by atoms with E-state index in [0.29, 0.717) is 13.0 Å². The van der Waals surface area contributed by atoms with Gasteiger partial charge in [-0.2, -0.15) is 0 Å². The summed E-state index contributed by atoms with van der Waals surface area (Å²) in [6.45, 7) is -0.287. The maximum atomic E-state index is 9.48. The van der Waals surface area contributed by atoms with Crippen LogP contribution in [-0.2, 0) is 20.8 Å². The second-order valence-corrected chi connectivity index (χ2v) is 5.30. The Kier molecular flexibility index (Phi) is 1.95. The Hall–Kier alpha value is -0.940. The molecule has 4 nitrogen and oxygen atoms in total. The van der Waals surface area contributed by atoms with Gasteiger partial charge in [0.2, 0.25) is 0 Å². The van der Waals surface area contributed by atoms with Gasteiger partial charge in [0, 0.05) is 6.42 Å². The fourth-order valence-corrected chi connectivity index (χ4v) is 3.37. The Morgan fingerprint density at radius 3 is 3.06 bits per heavy atom. The van der Waals surface area contributed by atoms with Gasteiger partial charge < -0.3 is 19.3 Å². The van der Waals surface area contributed by atoms with Gasteiger partial charge >= 0.3 is 0 Å². The molecule has 3 fully saturated rings. The lowest BCUT2D eigenvalue weighted by atomic mass is 9.59. The Labute approximate surface area is 107 Å². The number of benzene rings is 1. The quantitative estimate of drug-likeness (QED) is 0.868. The first-order chi connectivity index (χ1) is 9.19. The van der Waals surface area contributed by atoms with Gasteiger partial charge in [0.25, 0.3) is 0 Å². The summed E-state index contributed by atoms with van der Waals surface area (Å²) >= 11 is 0. The van der Waals surface area contributed by atoms with Crippen molar-refractivity contribution in [1.29, 1.82) is 0 Å². The molecule has 4 rings (SSSR count). The Morgan fingerprint density at radius 1 is 1.44 bits per heavy atom. The summed E-state index contributed by atoms with van der Waals surface area (Å²) in [5.41, 5.74) is 0.484. The monoisotopic (exact) mass is 250 g/mol. The van der Waals surface area contributed by atoms with Gasteiger partial charge in [0.1, 0.15) is 5.60 Å². The molecule has 1 saturated carbocycles. The summed E-state index contributed by atoms with van der Waals surface area (Å²) in [6.07, 6.45) is 0.261. The van der Waals surface area contributed by atoms with Gasteiger partial charge in [-0.25, -0.2) is 0 Å². The molecular formula is C14H16O4. The number of ether oxygens (including phenoxy) is 3. The molecule has 0 aromatic heterocycles. The smallest absolute Gasteiger partial charge is 0.180 e. The summed E-state index contributed by atoms with van der Waals surface area (Å²) < 4.78 is 25.0. The molecule has 1 aromatic rings. The van der Waals surface area contributed by atoms with Gasteiger partial charge in [0.15, 0.2) is 5.79 Å². The zero-order chi connectivity index (χ0) is 13.1. The van der Waals surface area contributed by atoms with E-state index in [1.54, 1.807) is 0 Å². The van der Waals surface area contributed by atoms with Gasteiger partial charge in [-0.3, -0.25) is 0 Å². The van der Waals surface area contributed by atoms with Crippen molar-refractivity contribution in [2.75, 3.05) is 13.2 Å². The molecule has 0 amide bonds. The van der Waals surface area contributed by atoms with E-state index >= 15 is 0 Å². The molecule has 2 saturated heterocycles. The standard InChI is InChI=1S/C14H16O4/c15-9-13-8-14(12(13)11(18-14)7-16-13)17-6-10-4-2-1-3-5-10/h1-5,11-12,15H,6-9H2/t11?,12?,13-,14?/m1/s1/i7T/t7-,11?,12?,13+,14?/m0. The number of hydrogen-bond acceptors (Lipinski definition) is 4. The summed E-state index contributed by atoms with van der Waals surface area (Å²) in [4.78, 5) is 0. The predicted octanol–water partition coefficient (Wildman–Crippen LogP) is 1.08. The van der Waals surface area contributed by atoms with Crippen molar-refractivity contribution in [3.05, 3.63) is 35.9 Å². The van der Waals surface area contributed by atoms with E-state index in [0.717, 1.165) is 5.56 Å². The highest BCUT2D eigenvalue weighted by molar-refractivity contribution is 5.23. The van der Waals surface area contributed by atoms with Gasteiger partial charge in [0.05, 0.1) is 33.2 Å². The topological polar surface area (TPSA) is 47.9 Å². The summed E-state index contributed by atoms with van der Waals surface area (Å²) in [5.74, 6) is -0.643. The lowest BCUT2D eigenvalue weighted by Crippen LogP contribution is -2.78. The van der Waals surface area contributed by atoms with Crippen molar-refractivity contribution in [3.63, 3.8) is 0 Å². The van der Waals surface area contributed by atoms with Crippen molar-refractivity contribution < 1.29 is 20.7 Å². The maximum Gasteiger partial charge on any atom is 0.180 e. The zero-order valence-electron chi connectivity index (χ0n) is 10.9. The van der Waals surface area contributed by atoms with Crippen LogP contribution in [0, 0.1) is 5.92 Å². The maximum absolute atomic E-state index is 9.48. The molecule has 2 aliphatic heterocycles. The fraction of sp³-hybridized carbons (Fsp3) is 0.571. The van der Waals surface area contributed by atoms with Crippen LogP contribution in [-0.4, -0.2) is 35.8 Å². The van der Waals surface area contributed by atoms with Crippen LogP contribution in [0.3, 0.4) is 0 Å². The summed E-state index contributed by atoms with van der Waals surface area (Å²) in [6, 6.07) is 9.91. The molecule has 0 radical (unpaired) electrons. The van der Waals surface area contributed by atoms with Crippen LogP contribution in [0.4, 0.5) is 0 Å². The van der Waals surface area contributed by atoms with E-state index in [4.69, 9.17) is 15.6 Å². The van der Waals surface area contributed by atoms with Crippen LogP contribution in [0.5, 0.6) is 0 Å². The van der Waals surface area contributed by atoms with E-state index in [9.17, 15) is 5.11 Å². The highest BCUT2D eigenvalue weighted by Crippen LogP contribution is 2.65. The molecule has 0 spiro atoms. The van der Waals surface area contributed by atoms with Crippen LogP contribution in [0.15, 0.2) is 30.3 Å². The number of aliphatic hydroxyl groups is 1. The van der Waals surface area contributed by atoms with E-state index in [1.807, 2.05) is 30.3 Å². The molecular weight excluding hydrogens is 232 g/mol. The van der Waals surface area contributed by atoms with Crippen LogP contribution in [0.2, 0.25) is 0 Å². The molecule has 0 bridgehead atoms. The van der Waals surface area contributed by atoms with Crippen LogP contribution >= 0.6 is 0 Å². The molecule has 96 valence electrons. The van der Waals surface area contributed by atoms with E-state index < -0.39 is 18.0 Å². The zero-order valence-corrected chi connectivity index (χ0v) is 9.91. The Balaban J connectivity index is 1.47. The minimum Gasteiger partial charge on any atom is -0.393 e. The van der Waals surface area contributed by atoms with E-state index in [-0.39, 0.29) is 18.6 Å². The normalized spacial score (nSPS) is 48.9. The second kappa shape index (κ2) is 3.54. The first-order valence-corrected chi connectivity index (χ1v) is 6.26. The lowest BCUT2D eigenvalue weighted by Gasteiger charge is -2.64. The first kappa shape index (κ1) is 9.92. The number of aliphatic hydroxyl groups excluding tert-OH is 1. The molecule has 1 aliphatic carbocycles. The summed E-state index contributed by atoms with van der Waals surface area (Å²) in [5, 5.41) is 9.48. The van der Waals surface area contributed by atoms with Gasteiger partial charge in [-0.15, -0.1) is 0 Å². The molecule has 3 aliphatic rings. The molecule has 5 atom stereocenters. The minimum atomic E-state index is -0.701. The van der Waals surface area contributed by atoms with Crippen molar-refractivity contribution >= 4 is 0 Å². The Morgan fingerprint density at radius 2 is 2.28 bits per heavy atom. The van der Waals surface area contributed by atoms with Gasteiger partial charge in [-0.05, 0) is 5.56 Å². The average molecular weight is 250 g/mol. The number of rotatable bonds is 4. The fourth-order valence-electron chi connectivity index (χ4n) is 3.37. The lowest BCUT2D eigenvalue weighted by molar-refractivity contribution is -0.450. The molecule has 2 heterocycles. The molecule has 18 heavy (non-hydrogen) atoms. The molecule has 1 aromatic carbocycles. The third-order valence-corrected chi connectivity index (χ3v) is 4.28. The summed E-state index contributed by atoms with van der Waals surface area (Å²) in [7, 11) is 0. The largest absolute Gasteiger partial charge is 0.393 e. The minimum absolute atomic E-state index is 0.00351. The van der Waals surface area contributed by atoms with Crippen LogP contribution in [0.25, 0.3) is 0 Å². The highest BCUT2D eigenvalue weighted by Gasteiger charge is 2.79. The third kappa shape index (κ3) is 1.24. The molecule has 3 unspecified atom stereocenters. The SMILES string of the molecule is [3H][C@@H]1O[C@@]2(CO)CC3(OCc4ccccc4)OC1C32. The second-order valence-electron chi connectivity index (χ2n) is 5.30. The first-order valence-electron chi connectivity index (χ1n) is 6.83. The van der Waals surface area contributed by atoms with Gasteiger partial charge in [-0.1, -0.05) is 30.3 Å². The van der Waals surface area contributed by atoms with Crippen molar-refractivity contribution in [2.24, 2.45) is 5.92 Å². The van der Waals surface area contributed by atoms with Crippen molar-refractivity contribution in [2.45, 2.75) is 30.5 Å². The van der Waals surface area contributed by atoms with Crippen LogP contribution in [0.1, 0.15) is 13.4 Å². The molecule has 1 N–H and O–H groups in total. The van der Waals surface area contributed by atoms with Crippen LogP contribution < -0.4 is 0 Å². The number of hydrogen-bond donors (Lipinski definition) is 1. The van der Waals surface area contributed by atoms with Crippen molar-refractivity contribution in [1.82, 2.24) is 0 Å². The average Bonchev–Trinajstić information content (AvgIpc) is 2.52. The van der Waals surface area contributed by atoms with E-state index in [1.165, 1.54) is 0 Å². The van der Waals surface area contributed by atoms with E-state index in [2.05, 4.69) is 0 Å². The predicted molar refractivity (Wildman–Crippen MR) is 62.7 cm³/mol. The highest BCUT2D eigenvalue weighted by atomic mass is 16.8. The Bertz CT molecular complexity index is 495. The van der Waals surface area contributed by atoms with Crippen molar-refractivity contribution in [3.8, 4) is 0 Å². The third-order valence-electron chi connectivity index (χ3n) is 4.28. The molecule has 4 heteroatoms.